The quantitative estimate of drug-likeness (QED) is 0.904. The predicted molar refractivity (Wildman–Crippen MR) is 104 cm³/mol. The Hall–Kier alpha value is -2.63. The van der Waals surface area contributed by atoms with Gasteiger partial charge in [0.05, 0.1) is 11.6 Å². The van der Waals surface area contributed by atoms with E-state index >= 15 is 0 Å². The van der Waals surface area contributed by atoms with Gasteiger partial charge in [-0.05, 0) is 25.3 Å². The number of hydrogen-bond donors (Lipinski definition) is 1. The molecule has 6 nitrogen and oxygen atoms in total. The molecule has 1 atom stereocenters. The van der Waals surface area contributed by atoms with Gasteiger partial charge in [-0.2, -0.15) is 5.10 Å². The molecule has 2 amide bonds. The van der Waals surface area contributed by atoms with E-state index in [0.29, 0.717) is 24.8 Å². The van der Waals surface area contributed by atoms with Gasteiger partial charge in [0.2, 0.25) is 11.8 Å². The van der Waals surface area contributed by atoms with Crippen molar-refractivity contribution in [2.24, 2.45) is 13.0 Å². The number of carbonyl (C=O) groups excluding carboxylic acids is 2. The molecular weight excluding hydrogens is 340 g/mol. The maximum atomic E-state index is 12.9. The van der Waals surface area contributed by atoms with Crippen LogP contribution in [0.25, 0.3) is 11.1 Å². The van der Waals surface area contributed by atoms with Crippen molar-refractivity contribution in [1.82, 2.24) is 14.7 Å². The van der Waals surface area contributed by atoms with Crippen molar-refractivity contribution < 1.29 is 9.59 Å². The lowest BCUT2D eigenvalue weighted by Gasteiger charge is -2.23. The van der Waals surface area contributed by atoms with E-state index in [1.807, 2.05) is 49.2 Å². The Morgan fingerprint density at radius 2 is 1.89 bits per heavy atom. The lowest BCUT2D eigenvalue weighted by atomic mass is 10.0. The molecule has 1 unspecified atom stereocenters. The molecule has 142 valence electrons. The highest BCUT2D eigenvalue weighted by Gasteiger charge is 2.39. The van der Waals surface area contributed by atoms with Crippen LogP contribution in [0.3, 0.4) is 0 Å². The van der Waals surface area contributed by atoms with Crippen molar-refractivity contribution in [3.05, 3.63) is 36.0 Å². The average Bonchev–Trinajstić information content (AvgIpc) is 3.36. The van der Waals surface area contributed by atoms with Crippen LogP contribution in [-0.4, -0.2) is 39.1 Å². The van der Waals surface area contributed by atoms with Crippen LogP contribution in [-0.2, 0) is 16.6 Å². The SMILES string of the molecule is Cc1nn(C)c(NC(=O)C2CC(=O)N(C3CCCC3)C2)c1-c1ccccc1. The van der Waals surface area contributed by atoms with Crippen molar-refractivity contribution in [1.29, 1.82) is 0 Å². The van der Waals surface area contributed by atoms with Crippen molar-refractivity contribution in [3.63, 3.8) is 0 Å². The van der Waals surface area contributed by atoms with Crippen LogP contribution in [0, 0.1) is 12.8 Å². The molecule has 1 saturated carbocycles. The van der Waals surface area contributed by atoms with Crippen molar-refractivity contribution in [2.45, 2.75) is 45.1 Å². The predicted octanol–water partition coefficient (Wildman–Crippen LogP) is 3.13. The number of nitrogens with one attached hydrogen (secondary N) is 1. The highest BCUT2D eigenvalue weighted by molar-refractivity contribution is 5.99. The molecule has 2 aliphatic rings. The molecule has 1 aromatic carbocycles. The minimum absolute atomic E-state index is 0.0935. The van der Waals surface area contributed by atoms with E-state index in [4.69, 9.17) is 0 Å². The van der Waals surface area contributed by atoms with Gasteiger partial charge < -0.3 is 10.2 Å². The summed E-state index contributed by atoms with van der Waals surface area (Å²) in [5.74, 6) is 0.419. The van der Waals surface area contributed by atoms with E-state index in [9.17, 15) is 9.59 Å². The van der Waals surface area contributed by atoms with Crippen LogP contribution in [0.4, 0.5) is 5.82 Å². The first-order chi connectivity index (χ1) is 13.0. The molecule has 1 aromatic heterocycles. The number of nitrogens with zero attached hydrogens (tertiary/aromatic N) is 3. The van der Waals surface area contributed by atoms with Gasteiger partial charge in [-0.25, -0.2) is 0 Å². The molecule has 2 heterocycles. The number of anilines is 1. The number of aryl methyl sites for hydroxylation is 2. The smallest absolute Gasteiger partial charge is 0.230 e. The Morgan fingerprint density at radius 3 is 2.59 bits per heavy atom. The van der Waals surface area contributed by atoms with Crippen LogP contribution in [0.2, 0.25) is 0 Å². The van der Waals surface area contributed by atoms with Gasteiger partial charge in [0, 0.05) is 31.6 Å². The molecule has 1 saturated heterocycles. The first-order valence-corrected chi connectivity index (χ1v) is 9.74. The lowest BCUT2D eigenvalue weighted by molar-refractivity contribution is -0.129. The van der Waals surface area contributed by atoms with E-state index in [1.54, 1.807) is 4.68 Å². The van der Waals surface area contributed by atoms with Crippen LogP contribution >= 0.6 is 0 Å². The Labute approximate surface area is 159 Å². The fourth-order valence-corrected chi connectivity index (χ4v) is 4.45. The van der Waals surface area contributed by atoms with Gasteiger partial charge in [-0.1, -0.05) is 43.2 Å². The summed E-state index contributed by atoms with van der Waals surface area (Å²) in [6.07, 6.45) is 4.80. The highest BCUT2D eigenvalue weighted by Crippen LogP contribution is 2.33. The Balaban J connectivity index is 1.53. The van der Waals surface area contributed by atoms with Crippen molar-refractivity contribution in [2.75, 3.05) is 11.9 Å². The van der Waals surface area contributed by atoms with Gasteiger partial charge in [0.25, 0.3) is 0 Å². The fourth-order valence-electron chi connectivity index (χ4n) is 4.45. The summed E-state index contributed by atoms with van der Waals surface area (Å²) in [5.41, 5.74) is 2.82. The normalized spacial score (nSPS) is 20.4. The highest BCUT2D eigenvalue weighted by atomic mass is 16.2. The number of benzene rings is 1. The summed E-state index contributed by atoms with van der Waals surface area (Å²) >= 11 is 0. The topological polar surface area (TPSA) is 67.2 Å². The first kappa shape index (κ1) is 17.8. The summed E-state index contributed by atoms with van der Waals surface area (Å²) < 4.78 is 1.71. The molecule has 0 bridgehead atoms. The first-order valence-electron chi connectivity index (χ1n) is 9.74. The van der Waals surface area contributed by atoms with E-state index in [2.05, 4.69) is 10.4 Å². The van der Waals surface area contributed by atoms with Gasteiger partial charge >= 0.3 is 0 Å². The molecule has 0 spiro atoms. The second kappa shape index (κ2) is 7.18. The third kappa shape index (κ3) is 3.36. The number of likely N-dealkylation sites (tertiary alicyclic amines) is 1. The third-order valence-electron chi connectivity index (χ3n) is 5.82. The number of rotatable bonds is 4. The third-order valence-corrected chi connectivity index (χ3v) is 5.82. The largest absolute Gasteiger partial charge is 0.339 e. The van der Waals surface area contributed by atoms with Gasteiger partial charge in [0.15, 0.2) is 0 Å². The molecule has 1 aliphatic heterocycles. The monoisotopic (exact) mass is 366 g/mol. The molecule has 1 N–H and O–H groups in total. The molecule has 0 radical (unpaired) electrons. The van der Waals surface area contributed by atoms with Crippen LogP contribution in [0.5, 0.6) is 0 Å². The molecule has 2 aromatic rings. The molecule has 1 aliphatic carbocycles. The summed E-state index contributed by atoms with van der Waals surface area (Å²) in [4.78, 5) is 27.3. The number of carbonyl (C=O) groups is 2. The van der Waals surface area contributed by atoms with Crippen LogP contribution in [0.15, 0.2) is 30.3 Å². The Morgan fingerprint density at radius 1 is 1.19 bits per heavy atom. The van der Waals surface area contributed by atoms with Crippen LogP contribution in [0.1, 0.15) is 37.8 Å². The number of hydrogen-bond acceptors (Lipinski definition) is 3. The van der Waals surface area contributed by atoms with E-state index in [0.717, 1.165) is 29.7 Å². The summed E-state index contributed by atoms with van der Waals surface area (Å²) in [6.45, 7) is 2.48. The molecular formula is C21H26N4O2. The zero-order valence-electron chi connectivity index (χ0n) is 15.9. The lowest BCUT2D eigenvalue weighted by Crippen LogP contribution is -2.35. The minimum Gasteiger partial charge on any atom is -0.339 e. The Bertz CT molecular complexity index is 853. The van der Waals surface area contributed by atoms with Crippen LogP contribution < -0.4 is 5.32 Å². The molecule has 2 fully saturated rings. The van der Waals surface area contributed by atoms with Crippen molar-refractivity contribution >= 4 is 17.6 Å². The number of aromatic nitrogens is 2. The van der Waals surface area contributed by atoms with Gasteiger partial charge in [0.1, 0.15) is 5.82 Å². The second-order valence-electron chi connectivity index (χ2n) is 7.67. The Kier molecular flexibility index (Phi) is 4.72. The minimum atomic E-state index is -0.295. The summed E-state index contributed by atoms with van der Waals surface area (Å²) in [6, 6.07) is 10.3. The van der Waals surface area contributed by atoms with Crippen molar-refractivity contribution in [3.8, 4) is 11.1 Å². The zero-order valence-corrected chi connectivity index (χ0v) is 15.9. The van der Waals surface area contributed by atoms with E-state index in [-0.39, 0.29) is 17.7 Å². The average molecular weight is 366 g/mol. The van der Waals surface area contributed by atoms with E-state index in [1.165, 1.54) is 12.8 Å². The summed E-state index contributed by atoms with van der Waals surface area (Å²) in [7, 11) is 1.83. The zero-order chi connectivity index (χ0) is 19.0. The van der Waals surface area contributed by atoms with E-state index < -0.39 is 0 Å². The molecule has 4 rings (SSSR count). The number of amides is 2. The fraction of sp³-hybridized carbons (Fsp3) is 0.476. The van der Waals surface area contributed by atoms with Gasteiger partial charge in [-0.15, -0.1) is 0 Å². The van der Waals surface area contributed by atoms with Gasteiger partial charge in [-0.3, -0.25) is 14.3 Å². The second-order valence-corrected chi connectivity index (χ2v) is 7.67. The molecule has 27 heavy (non-hydrogen) atoms. The molecule has 6 heteroatoms. The maximum absolute atomic E-state index is 12.9. The maximum Gasteiger partial charge on any atom is 0.230 e. The standard InChI is InChI=1S/C21H26N4O2/c1-14-19(15-8-4-3-5-9-15)20(24(2)23-14)22-21(27)16-12-18(26)25(13-16)17-10-6-7-11-17/h3-5,8-9,16-17H,6-7,10-13H2,1-2H3,(H,22,27). The summed E-state index contributed by atoms with van der Waals surface area (Å²) in [5, 5.41) is 7.54.